The summed E-state index contributed by atoms with van der Waals surface area (Å²) in [4.78, 5) is 24.3. The molecule has 2 heterocycles. The molecular weight excluding hydrogens is 305 g/mol. The topological polar surface area (TPSA) is 79.8 Å². The van der Waals surface area contributed by atoms with E-state index in [0.29, 0.717) is 11.8 Å². The lowest BCUT2D eigenvalue weighted by Crippen LogP contribution is -2.14. The number of aromatic nitrogens is 3. The normalized spacial score (nSPS) is 11.5. The van der Waals surface area contributed by atoms with Gasteiger partial charge in [0.1, 0.15) is 5.82 Å². The molecule has 0 radical (unpaired) electrons. The maximum atomic E-state index is 13.3. The first kappa shape index (κ1) is 18.0. The molecule has 1 amide bonds. The van der Waals surface area contributed by atoms with Gasteiger partial charge < -0.3 is 5.32 Å². The van der Waals surface area contributed by atoms with Gasteiger partial charge in [0.25, 0.3) is 0 Å². The van der Waals surface area contributed by atoms with Crippen LogP contribution in [0.15, 0.2) is 6.07 Å². The molecule has 1 unspecified atom stereocenters. The zero-order valence-corrected chi connectivity index (χ0v) is 13.0. The van der Waals surface area contributed by atoms with Crippen LogP contribution in [0, 0.1) is 19.0 Å². The number of thiophene rings is 1. The van der Waals surface area contributed by atoms with Crippen molar-refractivity contribution in [3.63, 3.8) is 0 Å². The highest BCUT2D eigenvalue weighted by atomic mass is 32.1. The molecule has 0 saturated heterocycles. The maximum Gasteiger partial charge on any atom is 0.234 e. The van der Waals surface area contributed by atoms with Crippen LogP contribution in [0.1, 0.15) is 43.6 Å². The Kier molecular flexibility index (Phi) is 5.92. The number of anilines is 2. The first-order valence-electron chi connectivity index (χ1n) is 6.38. The molecule has 0 aromatic carbocycles. The van der Waals surface area contributed by atoms with Gasteiger partial charge in [0.15, 0.2) is 5.13 Å². The summed E-state index contributed by atoms with van der Waals surface area (Å²) < 4.78 is 13.3. The Hall–Kier alpha value is -2.09. The zero-order chi connectivity index (χ0) is 15.6. The van der Waals surface area contributed by atoms with Crippen LogP contribution in [0.25, 0.3) is 0 Å². The molecule has 0 aliphatic heterocycles. The lowest BCUT2D eigenvalue weighted by molar-refractivity contribution is -0.114. The number of amides is 1. The predicted octanol–water partition coefficient (Wildman–Crippen LogP) is 3.46. The Balaban J connectivity index is 0.00000242. The number of nitrogens with one attached hydrogen (secondary N) is 2. The second-order valence-corrected chi connectivity index (χ2v) is 5.71. The molecule has 2 N–H and O–H groups in total. The Morgan fingerprint density at radius 3 is 2.45 bits per heavy atom. The van der Waals surface area contributed by atoms with Crippen molar-refractivity contribution in [2.75, 3.05) is 10.6 Å². The van der Waals surface area contributed by atoms with Crippen LogP contribution in [0.5, 0.6) is 0 Å². The van der Waals surface area contributed by atoms with E-state index in [0.717, 1.165) is 21.8 Å². The van der Waals surface area contributed by atoms with E-state index in [2.05, 4.69) is 25.6 Å². The Labute approximate surface area is 133 Å². The fourth-order valence-corrected chi connectivity index (χ4v) is 2.81. The summed E-state index contributed by atoms with van der Waals surface area (Å²) in [5, 5.41) is 5.39. The summed E-state index contributed by atoms with van der Waals surface area (Å²) in [5.41, 5.74) is 0.880. The van der Waals surface area contributed by atoms with Gasteiger partial charge in [-0.2, -0.15) is 19.3 Å². The van der Waals surface area contributed by atoms with Crippen molar-refractivity contribution in [2.45, 2.75) is 41.2 Å². The lowest BCUT2D eigenvalue weighted by Gasteiger charge is -2.14. The molecule has 2 aromatic rings. The van der Waals surface area contributed by atoms with Crippen molar-refractivity contribution in [1.82, 2.24) is 15.0 Å². The number of hydrogen-bond donors (Lipinski definition) is 2. The molecule has 22 heavy (non-hydrogen) atoms. The SMILES string of the molecule is C.CC(=O)Nc1nc(C)nc(NC(C)c2sc(F)cc2C)n1. The highest BCUT2D eigenvalue weighted by Gasteiger charge is 2.15. The molecule has 0 saturated carbocycles. The van der Waals surface area contributed by atoms with Crippen LogP contribution >= 0.6 is 11.3 Å². The van der Waals surface area contributed by atoms with E-state index in [-0.39, 0.29) is 30.5 Å². The summed E-state index contributed by atoms with van der Waals surface area (Å²) >= 11 is 1.09. The third-order valence-corrected chi connectivity index (χ3v) is 3.91. The van der Waals surface area contributed by atoms with Crippen LogP contribution in [0.2, 0.25) is 0 Å². The molecule has 2 aromatic heterocycles. The summed E-state index contributed by atoms with van der Waals surface area (Å²) in [5.74, 6) is 0.763. The van der Waals surface area contributed by atoms with E-state index in [1.807, 2.05) is 13.8 Å². The first-order chi connectivity index (χ1) is 9.85. The van der Waals surface area contributed by atoms with E-state index in [9.17, 15) is 9.18 Å². The molecule has 0 fully saturated rings. The monoisotopic (exact) mass is 325 g/mol. The maximum absolute atomic E-state index is 13.3. The van der Waals surface area contributed by atoms with Crippen molar-refractivity contribution >= 4 is 29.1 Å². The van der Waals surface area contributed by atoms with Crippen molar-refractivity contribution in [1.29, 1.82) is 0 Å². The average Bonchev–Trinajstić information content (AvgIpc) is 2.66. The smallest absolute Gasteiger partial charge is 0.234 e. The number of carbonyl (C=O) groups excluding carboxylic acids is 1. The van der Waals surface area contributed by atoms with Gasteiger partial charge in [-0.1, -0.05) is 7.43 Å². The highest BCUT2D eigenvalue weighted by Crippen LogP contribution is 2.28. The van der Waals surface area contributed by atoms with Crippen molar-refractivity contribution in [3.05, 3.63) is 27.5 Å². The van der Waals surface area contributed by atoms with Gasteiger partial charge in [-0.15, -0.1) is 11.3 Å². The summed E-state index contributed by atoms with van der Waals surface area (Å²) in [6.45, 7) is 6.84. The van der Waals surface area contributed by atoms with Crippen LogP contribution in [0.3, 0.4) is 0 Å². The van der Waals surface area contributed by atoms with Crippen molar-refractivity contribution in [2.24, 2.45) is 0 Å². The van der Waals surface area contributed by atoms with E-state index in [1.54, 1.807) is 6.92 Å². The van der Waals surface area contributed by atoms with Crippen LogP contribution < -0.4 is 10.6 Å². The van der Waals surface area contributed by atoms with E-state index in [1.165, 1.54) is 13.0 Å². The minimum Gasteiger partial charge on any atom is -0.347 e. The standard InChI is InChI=1S/C13H16FN5OS.CH4/c1-6-5-10(14)21-11(6)7(2)15-12-16-8(3)17-13(19-12)18-9(4)20;/h5,7H,1-4H3,(H2,15,16,17,18,19,20);1H4. The summed E-state index contributed by atoms with van der Waals surface area (Å²) in [7, 11) is 0. The molecule has 8 heteroatoms. The molecule has 120 valence electrons. The van der Waals surface area contributed by atoms with E-state index >= 15 is 0 Å². The Morgan fingerprint density at radius 2 is 1.91 bits per heavy atom. The average molecular weight is 325 g/mol. The van der Waals surface area contributed by atoms with Crippen LogP contribution in [-0.4, -0.2) is 20.9 Å². The van der Waals surface area contributed by atoms with Gasteiger partial charge in [0.05, 0.1) is 6.04 Å². The molecule has 0 aliphatic carbocycles. The predicted molar refractivity (Wildman–Crippen MR) is 86.7 cm³/mol. The third-order valence-electron chi connectivity index (χ3n) is 2.70. The molecule has 2 rings (SSSR count). The number of hydrogen-bond acceptors (Lipinski definition) is 6. The number of aryl methyl sites for hydroxylation is 2. The lowest BCUT2D eigenvalue weighted by atomic mass is 10.2. The second-order valence-electron chi connectivity index (χ2n) is 4.67. The molecular formula is C14H20FN5OS. The fraction of sp³-hybridized carbons (Fsp3) is 0.429. The van der Waals surface area contributed by atoms with Crippen LogP contribution in [0.4, 0.5) is 16.3 Å². The number of halogens is 1. The van der Waals surface area contributed by atoms with Crippen molar-refractivity contribution in [3.8, 4) is 0 Å². The molecule has 6 nitrogen and oxygen atoms in total. The minimum absolute atomic E-state index is 0. The molecule has 0 bridgehead atoms. The number of carbonyl (C=O) groups is 1. The highest BCUT2D eigenvalue weighted by molar-refractivity contribution is 7.10. The van der Waals surface area contributed by atoms with Gasteiger partial charge in [-0.05, 0) is 32.4 Å². The third kappa shape index (κ3) is 4.45. The van der Waals surface area contributed by atoms with Gasteiger partial charge >= 0.3 is 0 Å². The van der Waals surface area contributed by atoms with E-state index < -0.39 is 0 Å². The fourth-order valence-electron chi connectivity index (χ4n) is 1.91. The summed E-state index contributed by atoms with van der Waals surface area (Å²) in [6, 6.07) is 1.35. The molecule has 0 spiro atoms. The number of rotatable bonds is 4. The van der Waals surface area contributed by atoms with Gasteiger partial charge in [0.2, 0.25) is 17.8 Å². The van der Waals surface area contributed by atoms with Crippen LogP contribution in [-0.2, 0) is 4.79 Å². The van der Waals surface area contributed by atoms with Crippen molar-refractivity contribution < 1.29 is 9.18 Å². The Morgan fingerprint density at radius 1 is 1.27 bits per heavy atom. The minimum atomic E-state index is -0.254. The second kappa shape index (κ2) is 7.26. The molecule has 1 atom stereocenters. The zero-order valence-electron chi connectivity index (χ0n) is 12.2. The summed E-state index contributed by atoms with van der Waals surface area (Å²) in [6.07, 6.45) is 0. The van der Waals surface area contributed by atoms with Gasteiger partial charge in [-0.25, -0.2) is 0 Å². The largest absolute Gasteiger partial charge is 0.347 e. The first-order valence-corrected chi connectivity index (χ1v) is 7.19. The molecule has 0 aliphatic rings. The Bertz CT molecular complexity index is 673. The quantitative estimate of drug-likeness (QED) is 0.900. The van der Waals surface area contributed by atoms with E-state index in [4.69, 9.17) is 0 Å². The van der Waals surface area contributed by atoms with Gasteiger partial charge in [0, 0.05) is 11.8 Å². The van der Waals surface area contributed by atoms with Gasteiger partial charge in [-0.3, -0.25) is 10.1 Å². The number of nitrogens with zero attached hydrogens (tertiary/aromatic N) is 3.